The lowest BCUT2D eigenvalue weighted by atomic mass is 10.0. The van der Waals surface area contributed by atoms with Gasteiger partial charge in [0.1, 0.15) is 5.69 Å². The van der Waals surface area contributed by atoms with Crippen molar-refractivity contribution < 1.29 is 17.9 Å². The number of primary sulfonamides is 1. The van der Waals surface area contributed by atoms with Crippen LogP contribution in [0.25, 0.3) is 0 Å². The van der Waals surface area contributed by atoms with Crippen LogP contribution in [0.5, 0.6) is 0 Å². The first-order valence-electron chi connectivity index (χ1n) is 6.35. The lowest BCUT2D eigenvalue weighted by Crippen LogP contribution is -2.31. The Hall–Kier alpha value is -1.38. The third kappa shape index (κ3) is 3.59. The van der Waals surface area contributed by atoms with Crippen LogP contribution in [0.15, 0.2) is 17.2 Å². The summed E-state index contributed by atoms with van der Waals surface area (Å²) in [6, 6.07) is 1.24. The summed E-state index contributed by atoms with van der Waals surface area (Å²) in [7, 11) is -2.13. The molecule has 2 rings (SSSR count). The maximum Gasteiger partial charge on any atom is 0.267 e. The minimum absolute atomic E-state index is 0.0943. The molecule has 0 spiro atoms. The van der Waals surface area contributed by atoms with E-state index in [4.69, 9.17) is 9.88 Å². The van der Waals surface area contributed by atoms with Crippen LogP contribution < -0.4 is 10.5 Å². The number of sulfonamides is 1. The van der Waals surface area contributed by atoms with Crippen LogP contribution in [-0.2, 0) is 14.8 Å². The molecular weight excluding hydrogens is 282 g/mol. The summed E-state index contributed by atoms with van der Waals surface area (Å²) < 4.78 is 27.3. The number of amides is 1. The Morgan fingerprint density at radius 2 is 2.25 bits per heavy atom. The SMILES string of the molecule is COCCC1(CNC(=O)c2cc(S(N)(=O)=O)c[nH]2)CC1. The van der Waals surface area contributed by atoms with Crippen LogP contribution in [0, 0.1) is 5.41 Å². The van der Waals surface area contributed by atoms with Crippen molar-refractivity contribution >= 4 is 15.9 Å². The number of carbonyl (C=O) groups is 1. The molecule has 8 heteroatoms. The van der Waals surface area contributed by atoms with E-state index in [1.807, 2.05) is 0 Å². The van der Waals surface area contributed by atoms with Gasteiger partial charge in [-0.25, -0.2) is 13.6 Å². The van der Waals surface area contributed by atoms with E-state index < -0.39 is 10.0 Å². The van der Waals surface area contributed by atoms with Crippen molar-refractivity contribution in [3.63, 3.8) is 0 Å². The fourth-order valence-corrected chi connectivity index (χ4v) is 2.55. The minimum atomic E-state index is -3.79. The van der Waals surface area contributed by atoms with Gasteiger partial charge in [0.05, 0.1) is 4.90 Å². The lowest BCUT2D eigenvalue weighted by Gasteiger charge is -2.14. The minimum Gasteiger partial charge on any atom is -0.385 e. The highest BCUT2D eigenvalue weighted by Gasteiger charge is 2.42. The Balaban J connectivity index is 1.91. The van der Waals surface area contributed by atoms with E-state index in [0.717, 1.165) is 19.3 Å². The summed E-state index contributed by atoms with van der Waals surface area (Å²) in [5.41, 5.74) is 0.331. The Labute approximate surface area is 117 Å². The molecule has 1 saturated carbocycles. The fourth-order valence-electron chi connectivity index (χ4n) is 2.04. The van der Waals surface area contributed by atoms with Gasteiger partial charge in [0.15, 0.2) is 0 Å². The van der Waals surface area contributed by atoms with Gasteiger partial charge in [-0.15, -0.1) is 0 Å². The zero-order chi connectivity index (χ0) is 14.8. The van der Waals surface area contributed by atoms with Crippen molar-refractivity contribution in [2.75, 3.05) is 20.3 Å². The number of ether oxygens (including phenoxy) is 1. The summed E-state index contributed by atoms with van der Waals surface area (Å²) >= 11 is 0. The molecule has 1 fully saturated rings. The molecular formula is C12H19N3O4S. The van der Waals surface area contributed by atoms with Gasteiger partial charge in [-0.3, -0.25) is 4.79 Å². The van der Waals surface area contributed by atoms with E-state index in [9.17, 15) is 13.2 Å². The lowest BCUT2D eigenvalue weighted by molar-refractivity contribution is 0.0933. The van der Waals surface area contributed by atoms with E-state index in [1.54, 1.807) is 7.11 Å². The molecule has 1 aliphatic rings. The summed E-state index contributed by atoms with van der Waals surface area (Å²) in [5.74, 6) is -0.330. The second kappa shape index (κ2) is 5.55. The quantitative estimate of drug-likeness (QED) is 0.667. The van der Waals surface area contributed by atoms with Gasteiger partial charge in [0, 0.05) is 26.5 Å². The number of nitrogens with two attached hydrogens (primary N) is 1. The van der Waals surface area contributed by atoms with Crippen LogP contribution in [0.1, 0.15) is 29.8 Å². The average molecular weight is 301 g/mol. The Morgan fingerprint density at radius 3 is 2.75 bits per heavy atom. The zero-order valence-corrected chi connectivity index (χ0v) is 12.1. The van der Waals surface area contributed by atoms with E-state index in [2.05, 4.69) is 10.3 Å². The summed E-state index contributed by atoms with van der Waals surface area (Å²) in [6.07, 6.45) is 4.27. The number of H-pyrrole nitrogens is 1. The number of methoxy groups -OCH3 is 1. The average Bonchev–Trinajstić information content (AvgIpc) is 2.96. The molecule has 112 valence electrons. The van der Waals surface area contributed by atoms with Gasteiger partial charge in [-0.1, -0.05) is 0 Å². The van der Waals surface area contributed by atoms with Gasteiger partial charge < -0.3 is 15.0 Å². The van der Waals surface area contributed by atoms with Crippen molar-refractivity contribution in [2.24, 2.45) is 10.6 Å². The van der Waals surface area contributed by atoms with Crippen LogP contribution >= 0.6 is 0 Å². The third-order valence-corrected chi connectivity index (χ3v) is 4.54. The molecule has 1 aromatic heterocycles. The molecule has 20 heavy (non-hydrogen) atoms. The highest BCUT2D eigenvalue weighted by Crippen LogP contribution is 2.48. The van der Waals surface area contributed by atoms with Crippen LogP contribution in [0.4, 0.5) is 0 Å². The summed E-state index contributed by atoms with van der Waals surface area (Å²) in [4.78, 5) is 14.4. The first-order chi connectivity index (χ1) is 9.36. The highest BCUT2D eigenvalue weighted by molar-refractivity contribution is 7.89. The number of rotatable bonds is 7. The monoisotopic (exact) mass is 301 g/mol. The van der Waals surface area contributed by atoms with Crippen molar-refractivity contribution in [3.8, 4) is 0 Å². The van der Waals surface area contributed by atoms with Crippen LogP contribution in [0.2, 0.25) is 0 Å². The van der Waals surface area contributed by atoms with Crippen molar-refractivity contribution in [3.05, 3.63) is 18.0 Å². The van der Waals surface area contributed by atoms with Gasteiger partial charge in [0.2, 0.25) is 10.0 Å². The molecule has 0 atom stereocenters. The predicted molar refractivity (Wildman–Crippen MR) is 72.7 cm³/mol. The topological polar surface area (TPSA) is 114 Å². The second-order valence-electron chi connectivity index (χ2n) is 5.22. The second-order valence-corrected chi connectivity index (χ2v) is 6.78. The number of carbonyl (C=O) groups excluding carboxylic acids is 1. The molecule has 0 radical (unpaired) electrons. The molecule has 1 heterocycles. The molecule has 0 aliphatic heterocycles. The number of aromatic amines is 1. The molecule has 1 amide bonds. The maximum absolute atomic E-state index is 11.9. The smallest absolute Gasteiger partial charge is 0.267 e. The van der Waals surface area contributed by atoms with E-state index >= 15 is 0 Å². The van der Waals surface area contributed by atoms with Crippen LogP contribution in [-0.4, -0.2) is 39.6 Å². The van der Waals surface area contributed by atoms with Crippen LogP contribution in [0.3, 0.4) is 0 Å². The first kappa shape index (κ1) is 15.0. The molecule has 0 aromatic carbocycles. The fraction of sp³-hybridized carbons (Fsp3) is 0.583. The largest absolute Gasteiger partial charge is 0.385 e. The zero-order valence-electron chi connectivity index (χ0n) is 11.3. The molecule has 7 nitrogen and oxygen atoms in total. The first-order valence-corrected chi connectivity index (χ1v) is 7.89. The summed E-state index contributed by atoms with van der Waals surface area (Å²) in [6.45, 7) is 1.24. The summed E-state index contributed by atoms with van der Waals surface area (Å²) in [5, 5.41) is 7.80. The predicted octanol–water partition coefficient (Wildman–Crippen LogP) is 0.209. The Morgan fingerprint density at radius 1 is 1.55 bits per heavy atom. The van der Waals surface area contributed by atoms with E-state index in [-0.39, 0.29) is 21.9 Å². The van der Waals surface area contributed by atoms with Gasteiger partial charge in [-0.05, 0) is 30.7 Å². The molecule has 0 bridgehead atoms. The van der Waals surface area contributed by atoms with Gasteiger partial charge in [-0.2, -0.15) is 0 Å². The number of hydrogen-bond donors (Lipinski definition) is 3. The molecule has 0 unspecified atom stereocenters. The third-order valence-electron chi connectivity index (χ3n) is 3.65. The van der Waals surface area contributed by atoms with Gasteiger partial charge >= 0.3 is 0 Å². The van der Waals surface area contributed by atoms with E-state index in [0.29, 0.717) is 13.2 Å². The molecule has 1 aromatic rings. The molecule has 0 saturated heterocycles. The van der Waals surface area contributed by atoms with Crippen molar-refractivity contribution in [1.82, 2.24) is 10.3 Å². The Bertz CT molecular complexity index is 590. The maximum atomic E-state index is 11.9. The van der Waals surface area contributed by atoms with Gasteiger partial charge in [0.25, 0.3) is 5.91 Å². The number of nitrogens with one attached hydrogen (secondary N) is 2. The normalized spacial score (nSPS) is 16.9. The number of aromatic nitrogens is 1. The van der Waals surface area contributed by atoms with E-state index in [1.165, 1.54) is 12.3 Å². The number of hydrogen-bond acceptors (Lipinski definition) is 4. The Kier molecular flexibility index (Phi) is 4.17. The van der Waals surface area contributed by atoms with Crippen molar-refractivity contribution in [2.45, 2.75) is 24.2 Å². The highest BCUT2D eigenvalue weighted by atomic mass is 32.2. The van der Waals surface area contributed by atoms with Crippen molar-refractivity contribution in [1.29, 1.82) is 0 Å². The standard InChI is InChI=1S/C12H19N3O4S/c1-19-5-4-12(2-3-12)8-15-11(16)10-6-9(7-14-10)20(13,17)18/h6-7,14H,2-5,8H2,1H3,(H,15,16)(H2,13,17,18). The molecule has 1 aliphatic carbocycles. The molecule has 4 N–H and O–H groups in total.